The van der Waals surface area contributed by atoms with Gasteiger partial charge in [-0.15, -0.1) is 0 Å². The van der Waals surface area contributed by atoms with E-state index in [1.165, 1.54) is 6.07 Å². The molecule has 32 heavy (non-hydrogen) atoms. The predicted molar refractivity (Wildman–Crippen MR) is 92.1 cm³/mol. The van der Waals surface area contributed by atoms with Gasteiger partial charge in [0, 0.05) is 24.1 Å². The molecule has 12 heteroatoms. The molecule has 0 saturated carbocycles. The molecule has 172 valence electrons. The Labute approximate surface area is 175 Å². The van der Waals surface area contributed by atoms with E-state index >= 15 is 0 Å². The molecule has 1 aliphatic rings. The van der Waals surface area contributed by atoms with E-state index in [1.54, 1.807) is 0 Å². The second kappa shape index (κ2) is 8.54. The third kappa shape index (κ3) is 4.93. The van der Waals surface area contributed by atoms with E-state index in [-0.39, 0.29) is 18.1 Å². The highest BCUT2D eigenvalue weighted by molar-refractivity contribution is 5.43. The fraction of sp³-hybridized carbons (Fsp3) is 0.350. The Hall–Kier alpha value is -2.94. The first kappa shape index (κ1) is 23.7. The number of hydrogen-bond acceptors (Lipinski definition) is 3. The smallest absolute Gasteiger partial charge is 0.417 e. The minimum atomic E-state index is -4.95. The number of nitriles is 1. The summed E-state index contributed by atoms with van der Waals surface area (Å²) >= 11 is 0. The number of halogens is 9. The molecule has 0 bridgehead atoms. The number of rotatable bonds is 4. The van der Waals surface area contributed by atoms with Crippen molar-refractivity contribution in [3.63, 3.8) is 0 Å². The molecular formula is C20H13F9N2O. The molecule has 3 nitrogen and oxygen atoms in total. The quantitative estimate of drug-likeness (QED) is 0.480. The molecule has 0 aliphatic carbocycles. The van der Waals surface area contributed by atoms with Gasteiger partial charge in [-0.25, -0.2) is 13.2 Å². The average Bonchev–Trinajstić information content (AvgIpc) is 3.13. The maximum absolute atomic E-state index is 13.7. The predicted octanol–water partition coefficient (Wildman–Crippen LogP) is 5.45. The lowest BCUT2D eigenvalue weighted by Crippen LogP contribution is -2.44. The van der Waals surface area contributed by atoms with Crippen molar-refractivity contribution in [1.29, 1.82) is 5.26 Å². The third-order valence-electron chi connectivity index (χ3n) is 5.02. The van der Waals surface area contributed by atoms with Crippen LogP contribution in [0.5, 0.6) is 5.75 Å². The zero-order valence-corrected chi connectivity index (χ0v) is 15.8. The number of benzene rings is 2. The molecule has 1 saturated heterocycles. The summed E-state index contributed by atoms with van der Waals surface area (Å²) in [6, 6.07) is 0.928. The van der Waals surface area contributed by atoms with Gasteiger partial charge in [-0.1, -0.05) is 6.07 Å². The van der Waals surface area contributed by atoms with Crippen molar-refractivity contribution in [2.24, 2.45) is 0 Å². The third-order valence-corrected chi connectivity index (χ3v) is 5.02. The largest absolute Gasteiger partial charge is 0.489 e. The summed E-state index contributed by atoms with van der Waals surface area (Å²) in [5, 5.41) is 11.1. The summed E-state index contributed by atoms with van der Waals surface area (Å²) in [6.07, 6.45) is -10.1. The molecule has 3 rings (SSSR count). The molecule has 1 fully saturated rings. The van der Waals surface area contributed by atoms with Crippen LogP contribution in [0.25, 0.3) is 0 Å². The zero-order chi connectivity index (χ0) is 23.8. The second-order valence-corrected chi connectivity index (χ2v) is 7.15. The molecule has 0 amide bonds. The molecule has 0 aromatic heterocycles. The monoisotopic (exact) mass is 468 g/mol. The van der Waals surface area contributed by atoms with Gasteiger partial charge in [0.25, 0.3) is 0 Å². The SMILES string of the molecule is N#Cc1ccc(C2C[C@@H](COc3cc(F)c(F)cc3F)N[C@H]2C(F)(F)F)cc1C(F)(F)F. The van der Waals surface area contributed by atoms with Gasteiger partial charge in [0.05, 0.1) is 17.2 Å². The Morgan fingerprint density at radius 2 is 1.62 bits per heavy atom. The first-order chi connectivity index (χ1) is 14.8. The van der Waals surface area contributed by atoms with Crippen LogP contribution in [-0.2, 0) is 6.18 Å². The van der Waals surface area contributed by atoms with Gasteiger partial charge in [-0.05, 0) is 24.1 Å². The maximum atomic E-state index is 13.7. The van der Waals surface area contributed by atoms with Gasteiger partial charge in [0.1, 0.15) is 12.6 Å². The minimum Gasteiger partial charge on any atom is -0.489 e. The van der Waals surface area contributed by atoms with Crippen molar-refractivity contribution in [3.8, 4) is 11.8 Å². The second-order valence-electron chi connectivity index (χ2n) is 7.15. The van der Waals surface area contributed by atoms with Crippen LogP contribution in [0.3, 0.4) is 0 Å². The molecule has 0 radical (unpaired) electrons. The van der Waals surface area contributed by atoms with Crippen LogP contribution in [0.2, 0.25) is 0 Å². The van der Waals surface area contributed by atoms with Crippen LogP contribution in [0.4, 0.5) is 39.5 Å². The first-order valence-corrected chi connectivity index (χ1v) is 9.02. The van der Waals surface area contributed by atoms with Crippen LogP contribution < -0.4 is 10.1 Å². The van der Waals surface area contributed by atoms with E-state index in [1.807, 2.05) is 0 Å². The van der Waals surface area contributed by atoms with E-state index in [2.05, 4.69) is 5.32 Å². The summed E-state index contributed by atoms with van der Waals surface area (Å²) < 4.78 is 125. The van der Waals surface area contributed by atoms with E-state index in [9.17, 15) is 39.5 Å². The van der Waals surface area contributed by atoms with Gasteiger partial charge in [0.15, 0.2) is 23.2 Å². The van der Waals surface area contributed by atoms with Crippen molar-refractivity contribution in [2.75, 3.05) is 6.61 Å². The molecule has 3 atom stereocenters. The number of ether oxygens (including phenoxy) is 1. The maximum Gasteiger partial charge on any atom is 0.417 e. The lowest BCUT2D eigenvalue weighted by Gasteiger charge is -2.23. The molecule has 0 spiro atoms. The molecule has 1 aliphatic heterocycles. The van der Waals surface area contributed by atoms with Crippen molar-refractivity contribution in [2.45, 2.75) is 36.8 Å². The fourth-order valence-electron chi connectivity index (χ4n) is 3.58. The lowest BCUT2D eigenvalue weighted by molar-refractivity contribution is -0.156. The molecule has 2 aromatic carbocycles. The number of alkyl halides is 6. The number of hydrogen-bond donors (Lipinski definition) is 1. The molecule has 1 heterocycles. The molecule has 2 aromatic rings. The highest BCUT2D eigenvalue weighted by Gasteiger charge is 2.51. The first-order valence-electron chi connectivity index (χ1n) is 9.02. The molecular weight excluding hydrogens is 455 g/mol. The highest BCUT2D eigenvalue weighted by Crippen LogP contribution is 2.42. The van der Waals surface area contributed by atoms with Crippen LogP contribution in [0, 0.1) is 28.8 Å². The van der Waals surface area contributed by atoms with E-state index < -0.39 is 71.3 Å². The normalized spacial score (nSPS) is 21.4. The van der Waals surface area contributed by atoms with E-state index in [4.69, 9.17) is 10.00 Å². The van der Waals surface area contributed by atoms with Crippen molar-refractivity contribution in [3.05, 3.63) is 64.5 Å². The average molecular weight is 468 g/mol. The number of nitrogens with one attached hydrogen (secondary N) is 1. The van der Waals surface area contributed by atoms with Crippen molar-refractivity contribution < 1.29 is 44.3 Å². The minimum absolute atomic E-state index is 0.212. The molecule has 1 unspecified atom stereocenters. The van der Waals surface area contributed by atoms with Crippen molar-refractivity contribution in [1.82, 2.24) is 5.32 Å². The van der Waals surface area contributed by atoms with Gasteiger partial charge >= 0.3 is 12.4 Å². The van der Waals surface area contributed by atoms with Crippen LogP contribution in [0.1, 0.15) is 29.0 Å². The summed E-state index contributed by atoms with van der Waals surface area (Å²) in [5.41, 5.74) is -2.39. The Balaban J connectivity index is 1.86. The lowest BCUT2D eigenvalue weighted by atomic mass is 9.88. The Morgan fingerprint density at radius 3 is 2.22 bits per heavy atom. The van der Waals surface area contributed by atoms with Crippen LogP contribution in [-0.4, -0.2) is 24.9 Å². The Morgan fingerprint density at radius 1 is 0.969 bits per heavy atom. The van der Waals surface area contributed by atoms with Gasteiger partial charge in [0.2, 0.25) is 0 Å². The topological polar surface area (TPSA) is 45.0 Å². The fourth-order valence-corrected chi connectivity index (χ4v) is 3.58. The summed E-state index contributed by atoms with van der Waals surface area (Å²) in [4.78, 5) is 0. The zero-order valence-electron chi connectivity index (χ0n) is 15.8. The summed E-state index contributed by atoms with van der Waals surface area (Å²) in [5.74, 6) is -6.37. The Bertz CT molecular complexity index is 1040. The standard InChI is InChI=1S/C20H13F9N2O/c21-14-5-16(23)17(6-15(14)22)32-8-11-4-12(18(31-11)20(27,28)29)9-1-2-10(7-30)13(3-9)19(24,25)26/h1-3,5-6,11-12,18,31H,4,8H2/t11-,12?,18+/m0/s1. The van der Waals surface area contributed by atoms with E-state index in [0.29, 0.717) is 12.1 Å². The summed E-state index contributed by atoms with van der Waals surface area (Å²) in [6.45, 7) is -0.590. The van der Waals surface area contributed by atoms with Gasteiger partial charge in [-0.3, -0.25) is 5.32 Å². The van der Waals surface area contributed by atoms with E-state index in [0.717, 1.165) is 12.1 Å². The molecule has 1 N–H and O–H groups in total. The van der Waals surface area contributed by atoms with Crippen molar-refractivity contribution >= 4 is 0 Å². The van der Waals surface area contributed by atoms with Gasteiger partial charge < -0.3 is 4.74 Å². The van der Waals surface area contributed by atoms with Crippen LogP contribution >= 0.6 is 0 Å². The van der Waals surface area contributed by atoms with Crippen LogP contribution in [0.15, 0.2) is 30.3 Å². The van der Waals surface area contributed by atoms with Gasteiger partial charge in [-0.2, -0.15) is 31.6 Å². The Kier molecular flexibility index (Phi) is 6.33. The number of nitrogens with zero attached hydrogens (tertiary/aromatic N) is 1. The summed E-state index contributed by atoms with van der Waals surface area (Å²) in [7, 11) is 0. The highest BCUT2D eigenvalue weighted by atomic mass is 19.4.